The predicted octanol–water partition coefficient (Wildman–Crippen LogP) is 1.88. The van der Waals surface area contributed by atoms with E-state index in [1.54, 1.807) is 7.11 Å². The molecule has 27 heavy (non-hydrogen) atoms. The van der Waals surface area contributed by atoms with Crippen LogP contribution in [-0.4, -0.2) is 59.5 Å². The Morgan fingerprint density at radius 1 is 0.926 bits per heavy atom. The molecule has 1 fully saturated rings. The number of benzene rings is 1. The zero-order chi connectivity index (χ0) is 19.2. The van der Waals surface area contributed by atoms with Crippen molar-refractivity contribution in [2.24, 2.45) is 7.05 Å². The summed E-state index contributed by atoms with van der Waals surface area (Å²) in [4.78, 5) is 28.6. The molecule has 0 saturated carbocycles. The van der Waals surface area contributed by atoms with Crippen LogP contribution in [0.25, 0.3) is 0 Å². The van der Waals surface area contributed by atoms with Gasteiger partial charge in [0.15, 0.2) is 0 Å². The van der Waals surface area contributed by atoms with E-state index in [0.717, 1.165) is 23.3 Å². The minimum atomic E-state index is 0.131. The molecule has 6 nitrogen and oxygen atoms in total. The van der Waals surface area contributed by atoms with Crippen LogP contribution in [0.1, 0.15) is 17.5 Å². The van der Waals surface area contributed by atoms with E-state index in [1.165, 1.54) is 0 Å². The van der Waals surface area contributed by atoms with Gasteiger partial charge in [0.25, 0.3) is 0 Å². The average Bonchev–Trinajstić information content (AvgIpc) is 3.11. The van der Waals surface area contributed by atoms with E-state index in [2.05, 4.69) is 0 Å². The van der Waals surface area contributed by atoms with Crippen molar-refractivity contribution in [2.45, 2.75) is 19.3 Å². The van der Waals surface area contributed by atoms with Gasteiger partial charge in [-0.25, -0.2) is 0 Å². The van der Waals surface area contributed by atoms with Crippen molar-refractivity contribution in [1.29, 1.82) is 0 Å². The second-order valence-electron chi connectivity index (χ2n) is 6.97. The molecule has 3 rings (SSSR count). The van der Waals surface area contributed by atoms with Gasteiger partial charge in [0, 0.05) is 52.0 Å². The zero-order valence-corrected chi connectivity index (χ0v) is 16.1. The Morgan fingerprint density at radius 2 is 1.56 bits per heavy atom. The molecule has 0 N–H and O–H groups in total. The molecule has 2 amide bonds. The summed E-state index contributed by atoms with van der Waals surface area (Å²) < 4.78 is 7.10. The predicted molar refractivity (Wildman–Crippen MR) is 104 cm³/mol. The average molecular weight is 369 g/mol. The van der Waals surface area contributed by atoms with Crippen molar-refractivity contribution in [3.8, 4) is 5.75 Å². The summed E-state index contributed by atoms with van der Waals surface area (Å²) in [6.45, 7) is 2.45. The highest BCUT2D eigenvalue weighted by molar-refractivity contribution is 5.80. The number of carbonyl (C=O) groups is 2. The van der Waals surface area contributed by atoms with Gasteiger partial charge in [-0.2, -0.15) is 0 Å². The van der Waals surface area contributed by atoms with Crippen molar-refractivity contribution in [3.05, 3.63) is 53.9 Å². The molecule has 2 heterocycles. The first-order valence-electron chi connectivity index (χ1n) is 9.34. The number of carbonyl (C=O) groups excluding carboxylic acids is 2. The molecule has 1 aromatic heterocycles. The molecule has 1 aliphatic heterocycles. The van der Waals surface area contributed by atoms with Crippen molar-refractivity contribution >= 4 is 11.8 Å². The van der Waals surface area contributed by atoms with Crippen molar-refractivity contribution in [2.75, 3.05) is 33.3 Å². The molecule has 1 aliphatic rings. The van der Waals surface area contributed by atoms with Gasteiger partial charge in [-0.05, 0) is 35.7 Å². The van der Waals surface area contributed by atoms with E-state index in [1.807, 2.05) is 64.1 Å². The molecular weight excluding hydrogens is 342 g/mol. The van der Waals surface area contributed by atoms with E-state index in [-0.39, 0.29) is 11.8 Å². The molecule has 0 spiro atoms. The maximum atomic E-state index is 12.5. The van der Waals surface area contributed by atoms with Crippen LogP contribution in [0, 0.1) is 0 Å². The van der Waals surface area contributed by atoms with E-state index >= 15 is 0 Å². The van der Waals surface area contributed by atoms with E-state index in [4.69, 9.17) is 4.74 Å². The standard InChI is InChI=1S/C21H27N3O3/c1-22-10-9-18(16-22)15-21(26)24-13-11-23(12-14-24)20(25)8-5-17-3-6-19(27-2)7-4-17/h3-4,6-7,9-10,16H,5,8,11-15H2,1-2H3. The quantitative estimate of drug-likeness (QED) is 0.781. The Morgan fingerprint density at radius 3 is 2.11 bits per heavy atom. The highest BCUT2D eigenvalue weighted by Crippen LogP contribution is 2.14. The number of amides is 2. The molecule has 1 aromatic carbocycles. The third-order valence-electron chi connectivity index (χ3n) is 5.02. The lowest BCUT2D eigenvalue weighted by atomic mass is 10.1. The zero-order valence-electron chi connectivity index (χ0n) is 16.1. The molecule has 0 bridgehead atoms. The Labute approximate surface area is 160 Å². The Hall–Kier alpha value is -2.76. The van der Waals surface area contributed by atoms with E-state index < -0.39 is 0 Å². The normalized spacial score (nSPS) is 14.3. The minimum absolute atomic E-state index is 0.131. The number of aryl methyl sites for hydroxylation is 2. The smallest absolute Gasteiger partial charge is 0.227 e. The highest BCUT2D eigenvalue weighted by atomic mass is 16.5. The number of rotatable bonds is 6. The van der Waals surface area contributed by atoms with Crippen LogP contribution in [0.5, 0.6) is 5.75 Å². The summed E-state index contributed by atoms with van der Waals surface area (Å²) in [7, 11) is 3.59. The monoisotopic (exact) mass is 369 g/mol. The molecule has 6 heteroatoms. The molecule has 0 atom stereocenters. The van der Waals surface area contributed by atoms with Crippen LogP contribution < -0.4 is 4.74 Å². The molecule has 144 valence electrons. The maximum absolute atomic E-state index is 12.5. The highest BCUT2D eigenvalue weighted by Gasteiger charge is 2.24. The van der Waals surface area contributed by atoms with Crippen LogP contribution in [0.15, 0.2) is 42.7 Å². The number of hydrogen-bond donors (Lipinski definition) is 0. The molecule has 0 unspecified atom stereocenters. The molecule has 2 aromatic rings. The SMILES string of the molecule is COc1ccc(CCC(=O)N2CCN(C(=O)Cc3ccn(C)c3)CC2)cc1. The topological polar surface area (TPSA) is 54.8 Å². The second kappa shape index (κ2) is 8.75. The largest absolute Gasteiger partial charge is 0.497 e. The first kappa shape index (κ1) is 19.0. The first-order valence-corrected chi connectivity index (χ1v) is 9.34. The minimum Gasteiger partial charge on any atom is -0.497 e. The number of hydrogen-bond acceptors (Lipinski definition) is 3. The second-order valence-corrected chi connectivity index (χ2v) is 6.97. The van der Waals surface area contributed by atoms with Gasteiger partial charge in [0.2, 0.25) is 11.8 Å². The number of ether oxygens (including phenoxy) is 1. The van der Waals surface area contributed by atoms with Crippen molar-refractivity contribution < 1.29 is 14.3 Å². The van der Waals surface area contributed by atoms with E-state index in [0.29, 0.717) is 39.0 Å². The summed E-state index contributed by atoms with van der Waals surface area (Å²) in [5, 5.41) is 0. The van der Waals surface area contributed by atoms with Gasteiger partial charge in [0.1, 0.15) is 5.75 Å². The fraction of sp³-hybridized carbons (Fsp3) is 0.429. The molecule has 0 radical (unpaired) electrons. The molecule has 1 saturated heterocycles. The number of aromatic nitrogens is 1. The summed E-state index contributed by atoms with van der Waals surface area (Å²) in [5.41, 5.74) is 2.15. The number of nitrogens with zero attached hydrogens (tertiary/aromatic N) is 3. The fourth-order valence-corrected chi connectivity index (χ4v) is 3.36. The lowest BCUT2D eigenvalue weighted by Crippen LogP contribution is -2.51. The Kier molecular flexibility index (Phi) is 6.16. The fourth-order valence-electron chi connectivity index (χ4n) is 3.36. The molecular formula is C21H27N3O3. The summed E-state index contributed by atoms with van der Waals surface area (Å²) in [5.74, 6) is 1.11. The van der Waals surface area contributed by atoms with Crippen molar-refractivity contribution in [1.82, 2.24) is 14.4 Å². The van der Waals surface area contributed by atoms with Gasteiger partial charge in [-0.15, -0.1) is 0 Å². The molecule has 0 aliphatic carbocycles. The summed E-state index contributed by atoms with van der Waals surface area (Å²) in [6, 6.07) is 9.78. The van der Waals surface area contributed by atoms with Gasteiger partial charge in [-0.3, -0.25) is 9.59 Å². The van der Waals surface area contributed by atoms with Crippen LogP contribution in [0.4, 0.5) is 0 Å². The lowest BCUT2D eigenvalue weighted by molar-refractivity contribution is -0.139. The summed E-state index contributed by atoms with van der Waals surface area (Å²) >= 11 is 0. The van der Waals surface area contributed by atoms with Gasteiger partial charge >= 0.3 is 0 Å². The van der Waals surface area contributed by atoms with Gasteiger partial charge in [-0.1, -0.05) is 12.1 Å². The third kappa shape index (κ3) is 5.12. The first-order chi connectivity index (χ1) is 13.0. The van der Waals surface area contributed by atoms with Gasteiger partial charge in [0.05, 0.1) is 13.5 Å². The van der Waals surface area contributed by atoms with Crippen LogP contribution in [0.2, 0.25) is 0 Å². The maximum Gasteiger partial charge on any atom is 0.227 e. The Bertz CT molecular complexity index is 774. The van der Waals surface area contributed by atoms with E-state index in [9.17, 15) is 9.59 Å². The summed E-state index contributed by atoms with van der Waals surface area (Å²) in [6.07, 6.45) is 5.55. The number of methoxy groups -OCH3 is 1. The van der Waals surface area contributed by atoms with Crippen molar-refractivity contribution in [3.63, 3.8) is 0 Å². The van der Waals surface area contributed by atoms with Gasteiger partial charge < -0.3 is 19.1 Å². The van der Waals surface area contributed by atoms with Crippen LogP contribution in [0.3, 0.4) is 0 Å². The lowest BCUT2D eigenvalue weighted by Gasteiger charge is -2.35. The third-order valence-corrected chi connectivity index (χ3v) is 5.02. The number of piperazine rings is 1. The van der Waals surface area contributed by atoms with Crippen LogP contribution in [-0.2, 0) is 29.5 Å². The van der Waals surface area contributed by atoms with Crippen LogP contribution >= 0.6 is 0 Å². The Balaban J connectivity index is 1.42.